The lowest BCUT2D eigenvalue weighted by atomic mass is 10.1. The van der Waals surface area contributed by atoms with Gasteiger partial charge in [-0.15, -0.1) is 0 Å². The van der Waals surface area contributed by atoms with Crippen LogP contribution in [0.1, 0.15) is 23.6 Å². The highest BCUT2D eigenvalue weighted by Crippen LogP contribution is 2.20. The number of benzene rings is 2. The molecule has 0 bridgehead atoms. The lowest BCUT2D eigenvalue weighted by Gasteiger charge is -2.13. The normalized spacial score (nSPS) is 10.0. The predicted octanol–water partition coefficient (Wildman–Crippen LogP) is 4.08. The van der Waals surface area contributed by atoms with Gasteiger partial charge >= 0.3 is 0 Å². The van der Waals surface area contributed by atoms with Crippen LogP contribution in [0.25, 0.3) is 10.9 Å². The zero-order chi connectivity index (χ0) is 18.1. The molecule has 25 heavy (non-hydrogen) atoms. The van der Waals surface area contributed by atoms with Crippen LogP contribution in [0.3, 0.4) is 0 Å². The number of hydrogen-bond donors (Lipinski definition) is 2. The third-order valence-electron chi connectivity index (χ3n) is 3.96. The fourth-order valence-electron chi connectivity index (χ4n) is 2.69. The molecule has 4 nitrogen and oxygen atoms in total. The average molecular weight is 335 g/mol. The number of carbonyl (C=O) groups is 1. The SMILES string of the molecule is CC=O.CNCc1cccc(NCc2ccc3ncccc3c2)c1C. The minimum atomic E-state index is 0.750. The number of hydrogen-bond acceptors (Lipinski definition) is 4. The van der Waals surface area contributed by atoms with E-state index < -0.39 is 0 Å². The molecule has 0 saturated heterocycles. The van der Waals surface area contributed by atoms with Crippen molar-refractivity contribution in [2.75, 3.05) is 12.4 Å². The van der Waals surface area contributed by atoms with Crippen LogP contribution in [0.15, 0.2) is 54.7 Å². The summed E-state index contributed by atoms with van der Waals surface area (Å²) >= 11 is 0. The number of pyridine rings is 1. The van der Waals surface area contributed by atoms with Crippen molar-refractivity contribution in [1.29, 1.82) is 0 Å². The van der Waals surface area contributed by atoms with Gasteiger partial charge in [-0.1, -0.05) is 24.3 Å². The number of aldehydes is 1. The lowest BCUT2D eigenvalue weighted by molar-refractivity contribution is -0.106. The zero-order valence-corrected chi connectivity index (χ0v) is 15.0. The first-order chi connectivity index (χ1) is 12.2. The van der Waals surface area contributed by atoms with Gasteiger partial charge in [-0.2, -0.15) is 0 Å². The monoisotopic (exact) mass is 335 g/mol. The Balaban J connectivity index is 0.000000701. The number of anilines is 1. The Hall–Kier alpha value is -2.72. The largest absolute Gasteiger partial charge is 0.381 e. The summed E-state index contributed by atoms with van der Waals surface area (Å²) in [6.45, 7) is 5.32. The highest BCUT2D eigenvalue weighted by Gasteiger charge is 2.03. The van der Waals surface area contributed by atoms with Crippen molar-refractivity contribution in [2.24, 2.45) is 0 Å². The summed E-state index contributed by atoms with van der Waals surface area (Å²) in [6.07, 6.45) is 2.58. The van der Waals surface area contributed by atoms with Crippen molar-refractivity contribution >= 4 is 22.9 Å². The predicted molar refractivity (Wildman–Crippen MR) is 105 cm³/mol. The minimum absolute atomic E-state index is 0.750. The molecule has 0 aliphatic heterocycles. The second-order valence-electron chi connectivity index (χ2n) is 5.74. The number of rotatable bonds is 5. The molecule has 4 heteroatoms. The summed E-state index contributed by atoms with van der Waals surface area (Å²) in [7, 11) is 1.97. The van der Waals surface area contributed by atoms with E-state index in [1.54, 1.807) is 0 Å². The van der Waals surface area contributed by atoms with Crippen LogP contribution in [-0.4, -0.2) is 18.3 Å². The van der Waals surface area contributed by atoms with Crippen LogP contribution in [-0.2, 0) is 17.9 Å². The Bertz CT molecular complexity index is 830. The molecular formula is C21H25N3O. The molecule has 0 saturated carbocycles. The Morgan fingerprint density at radius 2 is 1.88 bits per heavy atom. The van der Waals surface area contributed by atoms with Gasteiger partial charge in [0.1, 0.15) is 6.29 Å². The Labute approximate surface area is 149 Å². The van der Waals surface area contributed by atoms with Gasteiger partial charge in [-0.3, -0.25) is 4.98 Å². The van der Waals surface area contributed by atoms with Crippen LogP contribution in [0.5, 0.6) is 0 Å². The number of nitrogens with zero attached hydrogens (tertiary/aromatic N) is 1. The summed E-state index contributed by atoms with van der Waals surface area (Å²) in [5.74, 6) is 0. The van der Waals surface area contributed by atoms with E-state index in [0.717, 1.165) is 24.9 Å². The fraction of sp³-hybridized carbons (Fsp3) is 0.238. The molecule has 0 aliphatic carbocycles. The van der Waals surface area contributed by atoms with Gasteiger partial charge in [0.2, 0.25) is 0 Å². The van der Waals surface area contributed by atoms with Crippen molar-refractivity contribution in [3.05, 3.63) is 71.4 Å². The highest BCUT2D eigenvalue weighted by molar-refractivity contribution is 5.79. The molecule has 0 atom stereocenters. The van der Waals surface area contributed by atoms with E-state index in [1.165, 1.54) is 34.7 Å². The van der Waals surface area contributed by atoms with E-state index in [9.17, 15) is 0 Å². The molecular weight excluding hydrogens is 310 g/mol. The first kappa shape index (κ1) is 18.6. The smallest absolute Gasteiger partial charge is 0.116 e. The third kappa shape index (κ3) is 5.13. The molecule has 3 rings (SSSR count). The van der Waals surface area contributed by atoms with Crippen LogP contribution in [0.2, 0.25) is 0 Å². The number of aromatic nitrogens is 1. The molecule has 1 aromatic heterocycles. The topological polar surface area (TPSA) is 54.0 Å². The van der Waals surface area contributed by atoms with Gasteiger partial charge in [0.15, 0.2) is 0 Å². The summed E-state index contributed by atoms with van der Waals surface area (Å²) in [5, 5.41) is 7.94. The van der Waals surface area contributed by atoms with Gasteiger partial charge in [0, 0.05) is 30.4 Å². The molecule has 130 valence electrons. The number of fused-ring (bicyclic) bond motifs is 1. The van der Waals surface area contributed by atoms with Crippen molar-refractivity contribution < 1.29 is 4.79 Å². The summed E-state index contributed by atoms with van der Waals surface area (Å²) in [5.41, 5.74) is 6.13. The van der Waals surface area contributed by atoms with E-state index >= 15 is 0 Å². The Morgan fingerprint density at radius 1 is 1.08 bits per heavy atom. The minimum Gasteiger partial charge on any atom is -0.381 e. The van der Waals surface area contributed by atoms with Gasteiger partial charge in [0.25, 0.3) is 0 Å². The maximum atomic E-state index is 8.81. The molecule has 0 radical (unpaired) electrons. The summed E-state index contributed by atoms with van der Waals surface area (Å²) < 4.78 is 0. The van der Waals surface area contributed by atoms with E-state index in [0.29, 0.717) is 0 Å². The van der Waals surface area contributed by atoms with Crippen molar-refractivity contribution in [3.8, 4) is 0 Å². The zero-order valence-electron chi connectivity index (χ0n) is 15.0. The van der Waals surface area contributed by atoms with Crippen molar-refractivity contribution in [1.82, 2.24) is 10.3 Å². The van der Waals surface area contributed by atoms with Crippen molar-refractivity contribution in [3.63, 3.8) is 0 Å². The van der Waals surface area contributed by atoms with E-state index in [1.807, 2.05) is 19.3 Å². The third-order valence-corrected chi connectivity index (χ3v) is 3.96. The van der Waals surface area contributed by atoms with Crippen LogP contribution in [0.4, 0.5) is 5.69 Å². The van der Waals surface area contributed by atoms with Gasteiger partial charge in [0.05, 0.1) is 5.52 Å². The molecule has 3 aromatic rings. The first-order valence-corrected chi connectivity index (χ1v) is 8.40. The summed E-state index contributed by atoms with van der Waals surface area (Å²) in [6, 6.07) is 16.9. The fourth-order valence-corrected chi connectivity index (χ4v) is 2.69. The average Bonchev–Trinajstić information content (AvgIpc) is 2.63. The molecule has 2 aromatic carbocycles. The molecule has 0 spiro atoms. The molecule has 0 aliphatic rings. The van der Waals surface area contributed by atoms with E-state index in [2.05, 4.69) is 65.0 Å². The second kappa shape index (κ2) is 9.55. The van der Waals surface area contributed by atoms with Gasteiger partial charge < -0.3 is 15.4 Å². The lowest BCUT2D eigenvalue weighted by Crippen LogP contribution is -2.08. The molecule has 2 N–H and O–H groups in total. The van der Waals surface area contributed by atoms with Gasteiger partial charge in [-0.25, -0.2) is 0 Å². The van der Waals surface area contributed by atoms with Crippen LogP contribution >= 0.6 is 0 Å². The summed E-state index contributed by atoms with van der Waals surface area (Å²) in [4.78, 5) is 13.2. The maximum Gasteiger partial charge on any atom is 0.116 e. The Kier molecular flexibility index (Phi) is 7.11. The number of carbonyl (C=O) groups excluding carboxylic acids is 1. The molecule has 1 heterocycles. The molecule has 0 amide bonds. The molecule has 0 unspecified atom stereocenters. The van der Waals surface area contributed by atoms with Crippen molar-refractivity contribution in [2.45, 2.75) is 26.9 Å². The van der Waals surface area contributed by atoms with Gasteiger partial charge in [-0.05, 0) is 61.9 Å². The standard InChI is InChI=1S/C19H21N3.C2H4O/c1-14-17(13-20-2)5-3-7-18(14)22-12-15-8-9-19-16(11-15)6-4-10-21-19;1-2-3/h3-11,20,22H,12-13H2,1-2H3;2H,1H3. The van der Waals surface area contributed by atoms with Crippen LogP contribution < -0.4 is 10.6 Å². The second-order valence-corrected chi connectivity index (χ2v) is 5.74. The number of nitrogens with one attached hydrogen (secondary N) is 2. The highest BCUT2D eigenvalue weighted by atomic mass is 16.1. The Morgan fingerprint density at radius 3 is 2.64 bits per heavy atom. The maximum absolute atomic E-state index is 8.81. The van der Waals surface area contributed by atoms with E-state index in [4.69, 9.17) is 4.79 Å². The quantitative estimate of drug-likeness (QED) is 0.690. The first-order valence-electron chi connectivity index (χ1n) is 8.40. The van der Waals surface area contributed by atoms with E-state index in [-0.39, 0.29) is 0 Å². The molecule has 0 fully saturated rings. The van der Waals surface area contributed by atoms with Crippen LogP contribution in [0, 0.1) is 6.92 Å².